The van der Waals surface area contributed by atoms with Crippen molar-refractivity contribution in [3.8, 4) is 0 Å². The summed E-state index contributed by atoms with van der Waals surface area (Å²) in [4.78, 5) is 23.9. The lowest BCUT2D eigenvalue weighted by molar-refractivity contribution is -0.146. The van der Waals surface area contributed by atoms with Gasteiger partial charge in [-0.2, -0.15) is 5.10 Å². The molecule has 0 atom stereocenters. The Hall–Kier alpha value is -3.16. The van der Waals surface area contributed by atoms with E-state index in [2.05, 4.69) is 15.6 Å². The zero-order valence-electron chi connectivity index (χ0n) is 14.2. The molecule has 130 valence electrons. The van der Waals surface area contributed by atoms with Gasteiger partial charge in [-0.25, -0.2) is 0 Å². The second-order valence-electron chi connectivity index (χ2n) is 5.68. The molecule has 0 spiro atoms. The SMILES string of the molecule is Cc1nn(C)c(C)c1NC(=O)COC(=O)Cc1noc2ccccc12. The number of hydrogen-bond acceptors (Lipinski definition) is 6. The summed E-state index contributed by atoms with van der Waals surface area (Å²) >= 11 is 0. The lowest BCUT2D eigenvalue weighted by Gasteiger charge is -2.06. The molecule has 8 heteroatoms. The van der Waals surface area contributed by atoms with Crippen molar-refractivity contribution in [3.05, 3.63) is 41.3 Å². The number of aromatic nitrogens is 3. The molecule has 2 aromatic heterocycles. The first-order valence-electron chi connectivity index (χ1n) is 7.74. The second kappa shape index (κ2) is 6.76. The van der Waals surface area contributed by atoms with Crippen LogP contribution in [0.1, 0.15) is 17.1 Å². The lowest BCUT2D eigenvalue weighted by Crippen LogP contribution is -2.22. The molecule has 0 fully saturated rings. The van der Waals surface area contributed by atoms with E-state index in [1.807, 2.05) is 25.1 Å². The third kappa shape index (κ3) is 3.52. The summed E-state index contributed by atoms with van der Waals surface area (Å²) in [6.45, 7) is 3.27. The number of carbonyl (C=O) groups excluding carboxylic acids is 2. The molecule has 3 rings (SSSR count). The van der Waals surface area contributed by atoms with Gasteiger partial charge in [0.2, 0.25) is 0 Å². The number of nitrogens with one attached hydrogen (secondary N) is 1. The van der Waals surface area contributed by atoms with Gasteiger partial charge >= 0.3 is 5.97 Å². The molecule has 25 heavy (non-hydrogen) atoms. The third-order valence-corrected chi connectivity index (χ3v) is 3.90. The maximum atomic E-state index is 12.0. The molecule has 2 heterocycles. The number of rotatable bonds is 5. The van der Waals surface area contributed by atoms with Gasteiger partial charge < -0.3 is 14.6 Å². The summed E-state index contributed by atoms with van der Waals surface area (Å²) in [5.74, 6) is -0.966. The maximum Gasteiger partial charge on any atom is 0.312 e. The first kappa shape index (κ1) is 16.7. The number of carbonyl (C=O) groups is 2. The quantitative estimate of drug-likeness (QED) is 0.711. The van der Waals surface area contributed by atoms with Crippen LogP contribution in [0.15, 0.2) is 28.8 Å². The molecule has 0 bridgehead atoms. The highest BCUT2D eigenvalue weighted by molar-refractivity contribution is 5.94. The van der Waals surface area contributed by atoms with E-state index in [9.17, 15) is 9.59 Å². The number of ether oxygens (including phenoxy) is 1. The van der Waals surface area contributed by atoms with Crippen molar-refractivity contribution in [2.24, 2.45) is 7.05 Å². The van der Waals surface area contributed by atoms with Crippen LogP contribution < -0.4 is 5.32 Å². The van der Waals surface area contributed by atoms with Crippen LogP contribution in [0.3, 0.4) is 0 Å². The van der Waals surface area contributed by atoms with Gasteiger partial charge in [-0.1, -0.05) is 17.3 Å². The van der Waals surface area contributed by atoms with Gasteiger partial charge in [0.1, 0.15) is 5.69 Å². The molecular formula is C17H18N4O4. The van der Waals surface area contributed by atoms with Crippen molar-refractivity contribution in [2.45, 2.75) is 20.3 Å². The van der Waals surface area contributed by atoms with Gasteiger partial charge in [0, 0.05) is 12.4 Å². The number of nitrogens with zero attached hydrogens (tertiary/aromatic N) is 3. The highest BCUT2D eigenvalue weighted by atomic mass is 16.5. The van der Waals surface area contributed by atoms with Crippen molar-refractivity contribution in [1.29, 1.82) is 0 Å². The molecule has 8 nitrogen and oxygen atoms in total. The fourth-order valence-electron chi connectivity index (χ4n) is 2.53. The Labute approximate surface area is 143 Å². The van der Waals surface area contributed by atoms with Crippen LogP contribution in [0, 0.1) is 13.8 Å². The fourth-order valence-corrected chi connectivity index (χ4v) is 2.53. The van der Waals surface area contributed by atoms with E-state index < -0.39 is 11.9 Å². The normalized spacial score (nSPS) is 10.8. The van der Waals surface area contributed by atoms with Crippen molar-refractivity contribution >= 4 is 28.5 Å². The predicted molar refractivity (Wildman–Crippen MR) is 90.0 cm³/mol. The number of anilines is 1. The van der Waals surface area contributed by atoms with Crippen molar-refractivity contribution in [2.75, 3.05) is 11.9 Å². The molecule has 0 aliphatic heterocycles. The Morgan fingerprint density at radius 3 is 2.76 bits per heavy atom. The highest BCUT2D eigenvalue weighted by Gasteiger charge is 2.16. The van der Waals surface area contributed by atoms with E-state index in [1.165, 1.54) is 0 Å². The number of amides is 1. The van der Waals surface area contributed by atoms with Gasteiger partial charge in [-0.05, 0) is 26.0 Å². The largest absolute Gasteiger partial charge is 0.455 e. The molecule has 0 saturated heterocycles. The average Bonchev–Trinajstić information content (AvgIpc) is 3.09. The smallest absolute Gasteiger partial charge is 0.312 e. The van der Waals surface area contributed by atoms with E-state index in [1.54, 1.807) is 24.7 Å². The van der Waals surface area contributed by atoms with Gasteiger partial charge in [0.15, 0.2) is 12.2 Å². The van der Waals surface area contributed by atoms with Gasteiger partial charge in [0.05, 0.1) is 23.5 Å². The molecule has 0 aliphatic rings. The summed E-state index contributed by atoms with van der Waals surface area (Å²) in [7, 11) is 1.79. The zero-order valence-corrected chi connectivity index (χ0v) is 14.2. The fraction of sp³-hybridized carbons (Fsp3) is 0.294. The molecule has 1 aromatic carbocycles. The minimum Gasteiger partial charge on any atom is -0.455 e. The maximum absolute atomic E-state index is 12.0. The number of para-hydroxylation sites is 1. The van der Waals surface area contributed by atoms with E-state index in [-0.39, 0.29) is 13.0 Å². The van der Waals surface area contributed by atoms with Crippen LogP contribution in [-0.4, -0.2) is 33.4 Å². The first-order valence-corrected chi connectivity index (χ1v) is 7.74. The minimum absolute atomic E-state index is 0.0603. The Morgan fingerprint density at radius 1 is 1.28 bits per heavy atom. The Balaban J connectivity index is 1.56. The zero-order chi connectivity index (χ0) is 18.0. The Kier molecular flexibility index (Phi) is 4.51. The van der Waals surface area contributed by atoms with Crippen LogP contribution >= 0.6 is 0 Å². The standard InChI is InChI=1S/C17H18N4O4/c1-10-17(11(2)21(3)19-10)18-15(22)9-24-16(23)8-13-12-6-4-5-7-14(12)25-20-13/h4-7H,8-9H2,1-3H3,(H,18,22). The van der Waals surface area contributed by atoms with Crippen LogP contribution in [0.4, 0.5) is 5.69 Å². The molecule has 0 saturated carbocycles. The summed E-state index contributed by atoms with van der Waals surface area (Å²) < 4.78 is 11.8. The number of esters is 1. The van der Waals surface area contributed by atoms with Crippen molar-refractivity contribution in [3.63, 3.8) is 0 Å². The van der Waals surface area contributed by atoms with Crippen LogP contribution in [0.2, 0.25) is 0 Å². The van der Waals surface area contributed by atoms with E-state index in [0.29, 0.717) is 22.7 Å². The van der Waals surface area contributed by atoms with E-state index >= 15 is 0 Å². The monoisotopic (exact) mass is 342 g/mol. The lowest BCUT2D eigenvalue weighted by atomic mass is 10.2. The molecule has 0 aliphatic carbocycles. The molecule has 0 unspecified atom stereocenters. The van der Waals surface area contributed by atoms with Gasteiger partial charge in [0.25, 0.3) is 5.91 Å². The minimum atomic E-state index is -0.547. The topological polar surface area (TPSA) is 99.2 Å². The van der Waals surface area contributed by atoms with E-state index in [4.69, 9.17) is 9.26 Å². The van der Waals surface area contributed by atoms with Gasteiger partial charge in [-0.15, -0.1) is 0 Å². The third-order valence-electron chi connectivity index (χ3n) is 3.90. The Morgan fingerprint density at radius 2 is 2.04 bits per heavy atom. The molecule has 3 aromatic rings. The molecule has 0 radical (unpaired) electrons. The van der Waals surface area contributed by atoms with E-state index in [0.717, 1.165) is 11.1 Å². The number of hydrogen-bond donors (Lipinski definition) is 1. The van der Waals surface area contributed by atoms with Gasteiger partial charge in [-0.3, -0.25) is 14.3 Å². The Bertz CT molecular complexity index is 941. The molecule has 1 amide bonds. The number of aryl methyl sites for hydroxylation is 2. The highest BCUT2D eigenvalue weighted by Crippen LogP contribution is 2.19. The number of benzene rings is 1. The molecular weight excluding hydrogens is 324 g/mol. The molecule has 1 N–H and O–H groups in total. The van der Waals surface area contributed by atoms with Crippen molar-refractivity contribution < 1.29 is 18.8 Å². The summed E-state index contributed by atoms with van der Waals surface area (Å²) in [5.41, 5.74) is 3.25. The first-order chi connectivity index (χ1) is 12.0. The summed E-state index contributed by atoms with van der Waals surface area (Å²) in [6, 6.07) is 7.24. The predicted octanol–water partition coefficient (Wildman–Crippen LogP) is 1.90. The van der Waals surface area contributed by atoms with Crippen LogP contribution in [0.25, 0.3) is 11.0 Å². The summed E-state index contributed by atoms with van der Waals surface area (Å²) in [5, 5.41) is 11.5. The van der Waals surface area contributed by atoms with Crippen LogP contribution in [0.5, 0.6) is 0 Å². The number of fused-ring (bicyclic) bond motifs is 1. The summed E-state index contributed by atoms with van der Waals surface area (Å²) in [6.07, 6.45) is -0.0603. The van der Waals surface area contributed by atoms with Crippen molar-refractivity contribution in [1.82, 2.24) is 14.9 Å². The average molecular weight is 342 g/mol. The second-order valence-corrected chi connectivity index (χ2v) is 5.68. The van der Waals surface area contributed by atoms with Crippen LogP contribution in [-0.2, 0) is 27.8 Å².